The predicted molar refractivity (Wildman–Crippen MR) is 105 cm³/mol. The number of aromatic nitrogens is 1. The summed E-state index contributed by atoms with van der Waals surface area (Å²) >= 11 is 0. The van der Waals surface area contributed by atoms with Crippen LogP contribution < -0.4 is 15.0 Å². The van der Waals surface area contributed by atoms with E-state index in [1.807, 2.05) is 6.92 Å². The van der Waals surface area contributed by atoms with E-state index in [9.17, 15) is 9.90 Å². The average molecular weight is 359 g/mol. The fraction of sp³-hybridized carbons (Fsp3) is 0.476. The Morgan fingerprint density at radius 2 is 1.88 bits per heavy atom. The normalized spacial score (nSPS) is 11.3. The second-order valence-corrected chi connectivity index (χ2v) is 6.42. The minimum absolute atomic E-state index is 0.0109. The number of rotatable bonds is 10. The number of aryl methyl sites for hydroxylation is 1. The Morgan fingerprint density at radius 3 is 2.62 bits per heavy atom. The molecule has 0 amide bonds. The molecule has 142 valence electrons. The molecule has 5 heteroatoms. The first-order chi connectivity index (χ1) is 12.6. The third-order valence-corrected chi connectivity index (χ3v) is 4.38. The summed E-state index contributed by atoms with van der Waals surface area (Å²) in [5, 5.41) is 11.1. The molecular formula is C21H29NO4. The van der Waals surface area contributed by atoms with E-state index >= 15 is 0 Å². The van der Waals surface area contributed by atoms with Crippen LogP contribution in [-0.2, 0) is 7.05 Å². The highest BCUT2D eigenvalue weighted by Gasteiger charge is 2.16. The number of fused-ring (bicyclic) bond motifs is 1. The summed E-state index contributed by atoms with van der Waals surface area (Å²) in [5.41, 5.74) is 0.301. The summed E-state index contributed by atoms with van der Waals surface area (Å²) in [6.07, 6.45) is 10.2. The molecule has 0 atom stereocenters. The highest BCUT2D eigenvalue weighted by atomic mass is 16.5. The van der Waals surface area contributed by atoms with Gasteiger partial charge in [0.05, 0.1) is 18.4 Å². The van der Waals surface area contributed by atoms with Crippen LogP contribution in [0, 0.1) is 0 Å². The van der Waals surface area contributed by atoms with Crippen LogP contribution in [0.15, 0.2) is 35.3 Å². The largest absolute Gasteiger partial charge is 0.504 e. The molecule has 1 heterocycles. The van der Waals surface area contributed by atoms with Crippen LogP contribution in [0.2, 0.25) is 0 Å². The van der Waals surface area contributed by atoms with Gasteiger partial charge in [-0.1, -0.05) is 45.1 Å². The Bertz CT molecular complexity index is 808. The zero-order valence-electron chi connectivity index (χ0n) is 16.0. The number of unbranched alkanes of at least 4 members (excludes halogenated alkanes) is 5. The molecule has 1 N–H and O–H groups in total. The van der Waals surface area contributed by atoms with Crippen molar-refractivity contribution in [1.29, 1.82) is 0 Å². The number of allylic oxidation sites excluding steroid dienone is 1. The van der Waals surface area contributed by atoms with E-state index in [2.05, 4.69) is 6.92 Å². The Labute approximate surface area is 154 Å². The number of aromatic hydroxyl groups is 1. The van der Waals surface area contributed by atoms with Crippen LogP contribution in [0.3, 0.4) is 0 Å². The van der Waals surface area contributed by atoms with Gasteiger partial charge in [-0.3, -0.25) is 4.79 Å². The number of hydrogen-bond donors (Lipinski definition) is 1. The van der Waals surface area contributed by atoms with Gasteiger partial charge in [0.15, 0.2) is 5.75 Å². The molecule has 0 saturated carbocycles. The van der Waals surface area contributed by atoms with Gasteiger partial charge in [0.1, 0.15) is 5.75 Å². The Balaban J connectivity index is 2.16. The number of ether oxygens (including phenoxy) is 2. The second kappa shape index (κ2) is 9.90. The molecule has 0 aliphatic heterocycles. The zero-order valence-corrected chi connectivity index (χ0v) is 16.0. The van der Waals surface area contributed by atoms with Crippen molar-refractivity contribution >= 4 is 10.9 Å². The van der Waals surface area contributed by atoms with Gasteiger partial charge in [-0.25, -0.2) is 0 Å². The molecule has 26 heavy (non-hydrogen) atoms. The molecule has 0 aliphatic rings. The lowest BCUT2D eigenvalue weighted by Crippen LogP contribution is -2.20. The lowest BCUT2D eigenvalue weighted by Gasteiger charge is -2.13. The van der Waals surface area contributed by atoms with E-state index in [1.165, 1.54) is 30.3 Å². The summed E-state index contributed by atoms with van der Waals surface area (Å²) in [6, 6.07) is 5.23. The van der Waals surface area contributed by atoms with Gasteiger partial charge in [0, 0.05) is 12.4 Å². The monoisotopic (exact) mass is 359 g/mol. The van der Waals surface area contributed by atoms with Gasteiger partial charge in [0.25, 0.3) is 5.56 Å². The Kier molecular flexibility index (Phi) is 7.57. The van der Waals surface area contributed by atoms with E-state index in [0.717, 1.165) is 12.8 Å². The lowest BCUT2D eigenvalue weighted by atomic mass is 10.1. The topological polar surface area (TPSA) is 60.7 Å². The minimum Gasteiger partial charge on any atom is -0.504 e. The molecule has 1 aromatic heterocycles. The van der Waals surface area contributed by atoms with Crippen LogP contribution >= 0.6 is 0 Å². The Hall–Kier alpha value is -2.43. The fourth-order valence-corrected chi connectivity index (χ4v) is 2.89. The molecule has 0 saturated heterocycles. The van der Waals surface area contributed by atoms with Crippen LogP contribution in [0.1, 0.15) is 52.4 Å². The van der Waals surface area contributed by atoms with Gasteiger partial charge < -0.3 is 19.1 Å². The number of pyridine rings is 1. The van der Waals surface area contributed by atoms with Gasteiger partial charge in [0.2, 0.25) is 5.75 Å². The van der Waals surface area contributed by atoms with Crippen molar-refractivity contribution < 1.29 is 14.6 Å². The van der Waals surface area contributed by atoms with E-state index in [4.69, 9.17) is 9.47 Å². The Morgan fingerprint density at radius 1 is 1.15 bits per heavy atom. The van der Waals surface area contributed by atoms with Crippen molar-refractivity contribution in [2.45, 2.75) is 52.4 Å². The maximum Gasteiger partial charge on any atom is 0.297 e. The van der Waals surface area contributed by atoms with Crippen molar-refractivity contribution in [3.8, 4) is 17.2 Å². The molecule has 0 bridgehead atoms. The minimum atomic E-state index is -0.330. The molecule has 2 rings (SSSR count). The highest BCUT2D eigenvalue weighted by molar-refractivity contribution is 5.88. The van der Waals surface area contributed by atoms with Crippen molar-refractivity contribution in [1.82, 2.24) is 4.57 Å². The number of benzene rings is 1. The molecule has 0 radical (unpaired) electrons. The molecular weight excluding hydrogens is 330 g/mol. The molecule has 0 spiro atoms. The second-order valence-electron chi connectivity index (χ2n) is 6.42. The molecule has 5 nitrogen and oxygen atoms in total. The maximum atomic E-state index is 12.5. The first kappa shape index (κ1) is 19.9. The molecule has 0 fully saturated rings. The zero-order chi connectivity index (χ0) is 18.9. The fourth-order valence-electron chi connectivity index (χ4n) is 2.89. The summed E-state index contributed by atoms with van der Waals surface area (Å²) in [4.78, 5) is 12.5. The van der Waals surface area contributed by atoms with Crippen molar-refractivity contribution in [3.05, 3.63) is 40.9 Å². The summed E-state index contributed by atoms with van der Waals surface area (Å²) in [5.74, 6) is 0.475. The number of nitrogens with zero attached hydrogens (tertiary/aromatic N) is 1. The standard InChI is InChI=1S/C21H29NO4/c1-4-6-7-8-9-10-14-26-20-19(23)17-15-16(25-13-5-2)11-12-18(17)22(3)21(20)24/h5,11-13,15,23H,4,6-10,14H2,1-3H3/b13-5-. The quantitative estimate of drug-likeness (QED) is 0.484. The molecule has 1 aromatic carbocycles. The highest BCUT2D eigenvalue weighted by Crippen LogP contribution is 2.33. The third kappa shape index (κ3) is 4.81. The van der Waals surface area contributed by atoms with E-state index < -0.39 is 0 Å². The molecule has 2 aromatic rings. The summed E-state index contributed by atoms with van der Waals surface area (Å²) in [7, 11) is 1.67. The van der Waals surface area contributed by atoms with Crippen molar-refractivity contribution in [3.63, 3.8) is 0 Å². The van der Waals surface area contributed by atoms with E-state index in [1.54, 1.807) is 37.6 Å². The van der Waals surface area contributed by atoms with Gasteiger partial charge in [-0.2, -0.15) is 0 Å². The number of hydrogen-bond acceptors (Lipinski definition) is 4. The summed E-state index contributed by atoms with van der Waals surface area (Å²) < 4.78 is 12.6. The van der Waals surface area contributed by atoms with E-state index in [-0.39, 0.29) is 17.1 Å². The average Bonchev–Trinajstić information content (AvgIpc) is 2.66. The SMILES string of the molecule is C/C=C\Oc1ccc2c(c1)c(O)c(OCCCCCCCC)c(=O)n2C. The van der Waals surface area contributed by atoms with Crippen LogP contribution in [0.5, 0.6) is 17.2 Å². The summed E-state index contributed by atoms with van der Waals surface area (Å²) in [6.45, 7) is 4.47. The molecule has 0 unspecified atom stereocenters. The molecule has 0 aliphatic carbocycles. The lowest BCUT2D eigenvalue weighted by molar-refractivity contribution is 0.284. The van der Waals surface area contributed by atoms with Crippen molar-refractivity contribution in [2.24, 2.45) is 7.05 Å². The van der Waals surface area contributed by atoms with Crippen LogP contribution in [0.25, 0.3) is 10.9 Å². The van der Waals surface area contributed by atoms with Crippen LogP contribution in [0.4, 0.5) is 0 Å². The van der Waals surface area contributed by atoms with Gasteiger partial charge >= 0.3 is 0 Å². The third-order valence-electron chi connectivity index (χ3n) is 4.38. The first-order valence-corrected chi connectivity index (χ1v) is 9.36. The van der Waals surface area contributed by atoms with Crippen molar-refractivity contribution in [2.75, 3.05) is 6.61 Å². The predicted octanol–water partition coefficient (Wildman–Crippen LogP) is 4.90. The van der Waals surface area contributed by atoms with Gasteiger partial charge in [-0.05, 0) is 31.5 Å². The van der Waals surface area contributed by atoms with E-state index in [0.29, 0.717) is 23.3 Å². The van der Waals surface area contributed by atoms with Crippen LogP contribution in [-0.4, -0.2) is 16.3 Å². The first-order valence-electron chi connectivity index (χ1n) is 9.36. The maximum absolute atomic E-state index is 12.5. The smallest absolute Gasteiger partial charge is 0.297 e. The van der Waals surface area contributed by atoms with Gasteiger partial charge in [-0.15, -0.1) is 0 Å².